The Balaban J connectivity index is 2.28. The average Bonchev–Trinajstić information content (AvgIpc) is 2.72. The summed E-state index contributed by atoms with van der Waals surface area (Å²) in [5.74, 6) is -4.77. The van der Waals surface area contributed by atoms with Crippen molar-refractivity contribution in [1.29, 1.82) is 0 Å². The third kappa shape index (κ3) is 5.44. The number of aromatic hydroxyl groups is 1. The fraction of sp³-hybridized carbons (Fsp3) is 0.524. The standard InChI is InChI=1S/C21H28N2O8/c1-9(2)19(26)31-17-10(3)20(27)29-11(4)15(21(28)30-12(17)5)23-18(25)13-7-6-8-14(22)16(13)24/h6-12,15,17,24H,22H2,1-5H3,(H,23,25). The molecule has 1 aromatic carbocycles. The van der Waals surface area contributed by atoms with E-state index in [4.69, 9.17) is 19.9 Å². The molecule has 1 aliphatic rings. The third-order valence-corrected chi connectivity index (χ3v) is 4.98. The first-order valence-corrected chi connectivity index (χ1v) is 9.93. The lowest BCUT2D eigenvalue weighted by atomic mass is 10.00. The fourth-order valence-electron chi connectivity index (χ4n) is 3.02. The van der Waals surface area contributed by atoms with Crippen molar-refractivity contribution in [3.63, 3.8) is 0 Å². The van der Waals surface area contributed by atoms with Crippen LogP contribution in [-0.4, -0.2) is 53.3 Å². The number of hydrogen-bond donors (Lipinski definition) is 3. The van der Waals surface area contributed by atoms with Crippen LogP contribution in [-0.2, 0) is 28.6 Å². The second-order valence-electron chi connectivity index (χ2n) is 7.82. The first-order valence-electron chi connectivity index (χ1n) is 9.93. The molecule has 0 aromatic heterocycles. The first-order chi connectivity index (χ1) is 14.4. The maximum Gasteiger partial charge on any atom is 0.332 e. The molecular weight excluding hydrogens is 408 g/mol. The monoisotopic (exact) mass is 436 g/mol. The molecule has 0 spiro atoms. The van der Waals surface area contributed by atoms with Gasteiger partial charge in [-0.05, 0) is 32.9 Å². The molecular formula is C21H28N2O8. The minimum Gasteiger partial charge on any atom is -0.505 e. The molecule has 0 bridgehead atoms. The molecule has 5 atom stereocenters. The van der Waals surface area contributed by atoms with Gasteiger partial charge in [0.15, 0.2) is 17.9 Å². The van der Waals surface area contributed by atoms with Crippen LogP contribution in [0.5, 0.6) is 5.75 Å². The van der Waals surface area contributed by atoms with E-state index in [0.29, 0.717) is 0 Å². The number of nitrogens with one attached hydrogen (secondary N) is 1. The Morgan fingerprint density at radius 2 is 1.71 bits per heavy atom. The Labute approximate surface area is 180 Å². The lowest BCUT2D eigenvalue weighted by molar-refractivity contribution is -0.175. The minimum absolute atomic E-state index is 0.0126. The summed E-state index contributed by atoms with van der Waals surface area (Å²) >= 11 is 0. The molecule has 10 heteroatoms. The van der Waals surface area contributed by atoms with E-state index in [9.17, 15) is 24.3 Å². The molecule has 1 aromatic rings. The number of anilines is 1. The van der Waals surface area contributed by atoms with E-state index >= 15 is 0 Å². The van der Waals surface area contributed by atoms with E-state index in [1.807, 2.05) is 0 Å². The van der Waals surface area contributed by atoms with Gasteiger partial charge in [-0.15, -0.1) is 0 Å². The minimum atomic E-state index is -1.37. The van der Waals surface area contributed by atoms with Crippen LogP contribution in [0, 0.1) is 11.8 Å². The Hall–Kier alpha value is -3.30. The van der Waals surface area contributed by atoms with E-state index in [1.165, 1.54) is 39.0 Å². The number of amides is 1. The number of rotatable bonds is 4. The number of esters is 3. The quantitative estimate of drug-likeness (QED) is 0.273. The molecule has 0 aliphatic carbocycles. The van der Waals surface area contributed by atoms with Crippen molar-refractivity contribution < 1.29 is 38.5 Å². The molecule has 1 fully saturated rings. The van der Waals surface area contributed by atoms with E-state index in [1.54, 1.807) is 13.8 Å². The zero-order valence-corrected chi connectivity index (χ0v) is 18.1. The number of ether oxygens (including phenoxy) is 3. The van der Waals surface area contributed by atoms with Gasteiger partial charge < -0.3 is 30.4 Å². The van der Waals surface area contributed by atoms with Crippen LogP contribution >= 0.6 is 0 Å². The number of phenolic OH excluding ortho intramolecular Hbond substituents is 1. The lowest BCUT2D eigenvalue weighted by Gasteiger charge is -2.27. The molecule has 31 heavy (non-hydrogen) atoms. The molecule has 10 nitrogen and oxygen atoms in total. The van der Waals surface area contributed by atoms with Gasteiger partial charge in [0.1, 0.15) is 12.2 Å². The van der Waals surface area contributed by atoms with Crippen LogP contribution in [0.4, 0.5) is 5.69 Å². The van der Waals surface area contributed by atoms with Gasteiger partial charge in [0.05, 0.1) is 23.1 Å². The lowest BCUT2D eigenvalue weighted by Crippen LogP contribution is -2.50. The van der Waals surface area contributed by atoms with E-state index < -0.39 is 65.8 Å². The number of benzene rings is 1. The summed E-state index contributed by atoms with van der Waals surface area (Å²) < 4.78 is 16.1. The molecule has 0 radical (unpaired) electrons. The highest BCUT2D eigenvalue weighted by Gasteiger charge is 2.42. The molecule has 4 N–H and O–H groups in total. The highest BCUT2D eigenvalue weighted by Crippen LogP contribution is 2.25. The number of phenols is 1. The largest absolute Gasteiger partial charge is 0.505 e. The topological polar surface area (TPSA) is 154 Å². The fourth-order valence-corrected chi connectivity index (χ4v) is 3.02. The Morgan fingerprint density at radius 3 is 2.32 bits per heavy atom. The van der Waals surface area contributed by atoms with Crippen molar-refractivity contribution >= 4 is 29.5 Å². The zero-order chi connectivity index (χ0) is 23.5. The predicted molar refractivity (Wildman–Crippen MR) is 109 cm³/mol. The summed E-state index contributed by atoms with van der Waals surface area (Å²) in [7, 11) is 0. The maximum atomic E-state index is 12.8. The van der Waals surface area contributed by atoms with Gasteiger partial charge in [0.2, 0.25) is 0 Å². The van der Waals surface area contributed by atoms with E-state index in [-0.39, 0.29) is 11.3 Å². The van der Waals surface area contributed by atoms with Gasteiger partial charge in [-0.3, -0.25) is 14.4 Å². The number of cyclic esters (lactones) is 2. The van der Waals surface area contributed by atoms with Gasteiger partial charge in [0, 0.05) is 0 Å². The van der Waals surface area contributed by atoms with E-state index in [0.717, 1.165) is 0 Å². The Bertz CT molecular complexity index is 869. The molecule has 1 saturated heterocycles. The summed E-state index contributed by atoms with van der Waals surface area (Å²) in [5.41, 5.74) is 5.44. The van der Waals surface area contributed by atoms with Crippen molar-refractivity contribution in [3.8, 4) is 5.75 Å². The Morgan fingerprint density at radius 1 is 1.10 bits per heavy atom. The van der Waals surface area contributed by atoms with Crippen molar-refractivity contribution in [2.75, 3.05) is 5.73 Å². The highest BCUT2D eigenvalue weighted by molar-refractivity contribution is 6.00. The molecule has 1 amide bonds. The summed E-state index contributed by atoms with van der Waals surface area (Å²) in [6.45, 7) is 7.67. The van der Waals surface area contributed by atoms with Gasteiger partial charge in [-0.2, -0.15) is 0 Å². The smallest absolute Gasteiger partial charge is 0.332 e. The molecule has 170 valence electrons. The van der Waals surface area contributed by atoms with Crippen LogP contribution < -0.4 is 11.1 Å². The van der Waals surface area contributed by atoms with Crippen molar-refractivity contribution in [2.45, 2.75) is 59.0 Å². The molecule has 0 saturated carbocycles. The number of nitrogens with two attached hydrogens (primary N) is 1. The normalized spacial score (nSPS) is 26.7. The van der Waals surface area contributed by atoms with Crippen LogP contribution in [0.3, 0.4) is 0 Å². The second-order valence-corrected chi connectivity index (χ2v) is 7.82. The maximum absolute atomic E-state index is 12.8. The second kappa shape index (κ2) is 9.67. The number of nitrogen functional groups attached to an aromatic ring is 1. The van der Waals surface area contributed by atoms with Gasteiger partial charge in [-0.25, -0.2) is 4.79 Å². The van der Waals surface area contributed by atoms with Crippen molar-refractivity contribution in [2.24, 2.45) is 11.8 Å². The van der Waals surface area contributed by atoms with Crippen LogP contribution in [0.25, 0.3) is 0 Å². The van der Waals surface area contributed by atoms with Crippen LogP contribution in [0.15, 0.2) is 18.2 Å². The van der Waals surface area contributed by atoms with Crippen molar-refractivity contribution in [3.05, 3.63) is 23.8 Å². The van der Waals surface area contributed by atoms with Crippen molar-refractivity contribution in [1.82, 2.24) is 5.32 Å². The summed E-state index contributed by atoms with van der Waals surface area (Å²) in [4.78, 5) is 50.1. The number of carbonyl (C=O) groups excluding carboxylic acids is 4. The van der Waals surface area contributed by atoms with E-state index in [2.05, 4.69) is 5.32 Å². The molecule has 1 aliphatic heterocycles. The molecule has 1 heterocycles. The predicted octanol–water partition coefficient (Wildman–Crippen LogP) is 1.15. The van der Waals surface area contributed by atoms with Gasteiger partial charge in [-0.1, -0.05) is 19.9 Å². The highest BCUT2D eigenvalue weighted by atomic mass is 16.6. The molecule has 5 unspecified atom stereocenters. The SMILES string of the molecule is CC(C)C(=O)OC1C(C)OC(=O)C(NC(=O)c2cccc(N)c2O)C(C)OC(=O)C1C. The summed E-state index contributed by atoms with van der Waals surface area (Å²) in [6, 6.07) is 2.83. The van der Waals surface area contributed by atoms with Crippen LogP contribution in [0.1, 0.15) is 45.0 Å². The van der Waals surface area contributed by atoms with Crippen LogP contribution in [0.2, 0.25) is 0 Å². The molecule has 2 rings (SSSR count). The number of hydrogen-bond acceptors (Lipinski definition) is 9. The zero-order valence-electron chi connectivity index (χ0n) is 18.1. The number of para-hydroxylation sites is 1. The Kier molecular flexibility index (Phi) is 7.48. The average molecular weight is 436 g/mol. The summed E-state index contributed by atoms with van der Waals surface area (Å²) in [5, 5.41) is 12.4. The third-order valence-electron chi connectivity index (χ3n) is 4.98. The summed E-state index contributed by atoms with van der Waals surface area (Å²) in [6.07, 6.45) is -3.14. The first kappa shape index (κ1) is 24.0. The van der Waals surface area contributed by atoms with Gasteiger partial charge >= 0.3 is 17.9 Å². The van der Waals surface area contributed by atoms with Gasteiger partial charge in [0.25, 0.3) is 5.91 Å². The number of carbonyl (C=O) groups is 4.